The van der Waals surface area contributed by atoms with Gasteiger partial charge < -0.3 is 15.0 Å². The van der Waals surface area contributed by atoms with Crippen molar-refractivity contribution >= 4 is 51.4 Å². The average Bonchev–Trinajstić information content (AvgIpc) is 3.23. The van der Waals surface area contributed by atoms with E-state index >= 15 is 0 Å². The highest BCUT2D eigenvalue weighted by atomic mass is 35.5. The molecule has 6 rings (SSSR count). The first-order valence-corrected chi connectivity index (χ1v) is 14.8. The lowest BCUT2D eigenvalue weighted by atomic mass is 10.0. The predicted molar refractivity (Wildman–Crippen MR) is 151 cm³/mol. The number of nitrogens with one attached hydrogen (secondary N) is 1. The lowest BCUT2D eigenvalue weighted by Gasteiger charge is -2.37. The number of anilines is 1. The number of rotatable bonds is 4. The van der Waals surface area contributed by atoms with Crippen molar-refractivity contribution in [2.45, 2.75) is 49.7 Å². The molecule has 3 atom stereocenters. The van der Waals surface area contributed by atoms with Crippen LogP contribution in [0.5, 0.6) is 5.88 Å². The average molecular weight is 609 g/mol. The maximum absolute atomic E-state index is 14.8. The van der Waals surface area contributed by atoms with Crippen molar-refractivity contribution in [2.75, 3.05) is 23.7 Å². The third-order valence-corrected chi connectivity index (χ3v) is 9.32. The maximum Gasteiger partial charge on any atom is 0.417 e. The third-order valence-electron chi connectivity index (χ3n) is 6.80. The van der Waals surface area contributed by atoms with Gasteiger partial charge in [0.1, 0.15) is 11.9 Å². The zero-order chi connectivity index (χ0) is 28.2. The van der Waals surface area contributed by atoms with Gasteiger partial charge >= 0.3 is 11.9 Å². The second-order valence-electron chi connectivity index (χ2n) is 9.95. The maximum atomic E-state index is 14.8. The number of hydrogen-bond donors (Lipinski definition) is 1. The van der Waals surface area contributed by atoms with Crippen LogP contribution in [0, 0.1) is 0 Å². The second-order valence-corrected chi connectivity index (χ2v) is 12.3. The Balaban J connectivity index is 1.62. The summed E-state index contributed by atoms with van der Waals surface area (Å²) in [6, 6.07) is 2.79. The molecule has 0 saturated carbocycles. The van der Waals surface area contributed by atoms with Crippen LogP contribution in [0.3, 0.4) is 0 Å². The fourth-order valence-electron chi connectivity index (χ4n) is 5.38. The minimum Gasteiger partial charge on any atom is -0.470 e. The molecule has 2 aliphatic rings. The van der Waals surface area contributed by atoms with E-state index in [1.54, 1.807) is 5.38 Å². The third kappa shape index (κ3) is 5.15. The molecule has 210 valence electrons. The van der Waals surface area contributed by atoms with E-state index in [-0.39, 0.29) is 47.0 Å². The lowest BCUT2D eigenvalue weighted by Crippen LogP contribution is -2.55. The molecule has 1 aromatic carbocycles. The van der Waals surface area contributed by atoms with Gasteiger partial charge in [-0.25, -0.2) is 9.78 Å². The molecule has 0 aliphatic carbocycles. The van der Waals surface area contributed by atoms with E-state index in [4.69, 9.17) is 16.3 Å². The van der Waals surface area contributed by atoms with E-state index < -0.39 is 23.5 Å². The molecule has 1 N–H and O–H groups in total. The first kappa shape index (κ1) is 27.3. The highest BCUT2D eigenvalue weighted by Crippen LogP contribution is 2.49. The summed E-state index contributed by atoms with van der Waals surface area (Å²) < 4.78 is 51.7. The van der Waals surface area contributed by atoms with E-state index in [2.05, 4.69) is 20.3 Å². The number of aromatic nitrogens is 4. The van der Waals surface area contributed by atoms with Gasteiger partial charge in [-0.05, 0) is 26.0 Å². The Morgan fingerprint density at radius 2 is 1.93 bits per heavy atom. The molecular weight excluding hydrogens is 585 g/mol. The highest BCUT2D eigenvalue weighted by Gasteiger charge is 2.39. The molecule has 0 radical (unpaired) electrons. The van der Waals surface area contributed by atoms with Crippen LogP contribution in [-0.2, 0) is 12.7 Å². The van der Waals surface area contributed by atoms with E-state index in [9.17, 15) is 18.0 Å². The van der Waals surface area contributed by atoms with Crippen molar-refractivity contribution in [2.24, 2.45) is 0 Å². The zero-order valence-corrected chi connectivity index (χ0v) is 23.8. The van der Waals surface area contributed by atoms with E-state index in [1.807, 2.05) is 18.7 Å². The Morgan fingerprint density at radius 3 is 2.58 bits per heavy atom. The zero-order valence-electron chi connectivity index (χ0n) is 21.4. The van der Waals surface area contributed by atoms with Gasteiger partial charge in [0, 0.05) is 69.4 Å². The number of thioether (sulfide) groups is 1. The smallest absolute Gasteiger partial charge is 0.417 e. The summed E-state index contributed by atoms with van der Waals surface area (Å²) in [5.74, 6) is 0.794. The van der Waals surface area contributed by atoms with Gasteiger partial charge in [-0.15, -0.1) is 23.1 Å². The van der Waals surface area contributed by atoms with Gasteiger partial charge in [0.15, 0.2) is 0 Å². The van der Waals surface area contributed by atoms with E-state index in [0.717, 1.165) is 17.4 Å². The fourth-order valence-corrected chi connectivity index (χ4v) is 7.83. The largest absolute Gasteiger partial charge is 0.470 e. The first-order valence-electron chi connectivity index (χ1n) is 12.6. The molecule has 14 heteroatoms. The van der Waals surface area contributed by atoms with E-state index in [1.165, 1.54) is 41.0 Å². The molecule has 1 fully saturated rings. The van der Waals surface area contributed by atoms with Crippen LogP contribution in [0.1, 0.15) is 19.4 Å². The van der Waals surface area contributed by atoms with Crippen LogP contribution in [0.25, 0.3) is 21.3 Å². The van der Waals surface area contributed by atoms with Crippen LogP contribution >= 0.6 is 34.7 Å². The molecule has 0 amide bonds. The summed E-state index contributed by atoms with van der Waals surface area (Å²) in [4.78, 5) is 28.8. The molecular formula is C26H24ClF3N6O2S2. The van der Waals surface area contributed by atoms with Gasteiger partial charge in [-0.1, -0.05) is 11.6 Å². The summed E-state index contributed by atoms with van der Waals surface area (Å²) >= 11 is 8.53. The number of alkyl halides is 3. The number of piperazine rings is 1. The predicted octanol–water partition coefficient (Wildman–Crippen LogP) is 5.33. The molecule has 4 aromatic rings. The molecule has 3 aromatic heterocycles. The van der Waals surface area contributed by atoms with Crippen LogP contribution in [0.2, 0.25) is 5.02 Å². The fraction of sp³-hybridized carbons (Fsp3) is 0.385. The minimum atomic E-state index is -4.67. The highest BCUT2D eigenvalue weighted by molar-refractivity contribution is 7.99. The number of ether oxygens (including phenoxy) is 1. The molecule has 0 bridgehead atoms. The molecule has 40 heavy (non-hydrogen) atoms. The van der Waals surface area contributed by atoms with E-state index in [0.29, 0.717) is 33.4 Å². The quantitative estimate of drug-likeness (QED) is 0.333. The Morgan fingerprint density at radius 1 is 1.15 bits per heavy atom. The summed E-state index contributed by atoms with van der Waals surface area (Å²) in [6.07, 6.45) is -0.790. The first-order chi connectivity index (χ1) is 19.1. The van der Waals surface area contributed by atoms with Crippen molar-refractivity contribution in [3.05, 3.63) is 57.2 Å². The normalized spacial score (nSPS) is 21.4. The monoisotopic (exact) mass is 608 g/mol. The Hall–Kier alpha value is -2.87. The van der Waals surface area contributed by atoms with Crippen LogP contribution in [0.15, 0.2) is 45.8 Å². The summed E-state index contributed by atoms with van der Waals surface area (Å²) in [6.45, 7) is 5.08. The minimum absolute atomic E-state index is 0.00870. The van der Waals surface area contributed by atoms with Crippen molar-refractivity contribution in [1.29, 1.82) is 0 Å². The van der Waals surface area contributed by atoms with Crippen LogP contribution in [0.4, 0.5) is 19.0 Å². The van der Waals surface area contributed by atoms with Gasteiger partial charge in [0.2, 0.25) is 5.88 Å². The topological polar surface area (TPSA) is 85.2 Å². The van der Waals surface area contributed by atoms with Gasteiger partial charge in [-0.3, -0.25) is 9.55 Å². The summed E-state index contributed by atoms with van der Waals surface area (Å²) in [5, 5.41) is 5.65. The van der Waals surface area contributed by atoms with Crippen LogP contribution < -0.4 is 20.6 Å². The molecule has 0 spiro atoms. The van der Waals surface area contributed by atoms with Crippen molar-refractivity contribution in [3.8, 4) is 16.3 Å². The van der Waals surface area contributed by atoms with Gasteiger partial charge in [-0.2, -0.15) is 18.2 Å². The summed E-state index contributed by atoms with van der Waals surface area (Å²) in [5.41, 5.74) is -0.919. The van der Waals surface area contributed by atoms with Crippen LogP contribution in [-0.4, -0.2) is 56.5 Å². The van der Waals surface area contributed by atoms with Crippen molar-refractivity contribution in [3.63, 3.8) is 0 Å². The number of nitrogens with zero attached hydrogens (tertiary/aromatic N) is 5. The number of thiophene rings is 1. The number of hydrogen-bond acceptors (Lipinski definition) is 9. The molecule has 1 saturated heterocycles. The molecule has 2 aliphatic heterocycles. The molecule has 0 unspecified atom stereocenters. The number of halogens is 4. The molecule has 8 nitrogen and oxygen atoms in total. The van der Waals surface area contributed by atoms with Gasteiger partial charge in [0.25, 0.3) is 0 Å². The SMILES string of the molecule is C[C@@H]1CN(c2nc(=O)n3c4c(c(-c5cc(Cl)cs5)c(C(F)(F)F)cc24)SC[C@@H](Oc2cnccn2)C3)C[C@H](C)N1. The Bertz CT molecular complexity index is 1620. The number of benzene rings is 1. The Kier molecular flexibility index (Phi) is 7.18. The Labute approximate surface area is 240 Å². The standard InChI is InChI=1S/C26H24ClF3N6O2S2/c1-13-8-35(9-14(2)33-13)24-17-6-18(26(28,29)30)21(19-5-15(27)11-39-19)23-22(17)36(25(37)34-24)10-16(12-40-23)38-20-7-31-3-4-32-20/h3-7,11,13-14,16,33H,8-10,12H2,1-2H3/t13-,14+,16-/m0/s1. The van der Waals surface area contributed by atoms with Crippen molar-refractivity contribution < 1.29 is 17.9 Å². The van der Waals surface area contributed by atoms with Crippen molar-refractivity contribution in [1.82, 2.24) is 24.8 Å². The van der Waals surface area contributed by atoms with Gasteiger partial charge in [0.05, 0.1) is 28.8 Å². The second kappa shape index (κ2) is 10.5. The lowest BCUT2D eigenvalue weighted by molar-refractivity contribution is -0.137. The summed E-state index contributed by atoms with van der Waals surface area (Å²) in [7, 11) is 0. The molecule has 5 heterocycles.